The molecule has 2 heterocycles. The maximum absolute atomic E-state index is 13.1. The van der Waals surface area contributed by atoms with Gasteiger partial charge in [-0.3, -0.25) is 4.79 Å². The molecule has 0 radical (unpaired) electrons. The molecule has 1 aliphatic heterocycles. The van der Waals surface area contributed by atoms with Gasteiger partial charge in [0.25, 0.3) is 0 Å². The van der Waals surface area contributed by atoms with Gasteiger partial charge in [-0.1, -0.05) is 0 Å². The fraction of sp³-hybridized carbons (Fsp3) is 0.238. The van der Waals surface area contributed by atoms with Gasteiger partial charge in [0, 0.05) is 36.0 Å². The zero-order valence-corrected chi connectivity index (χ0v) is 18.2. The van der Waals surface area contributed by atoms with E-state index in [1.165, 1.54) is 34.7 Å². The summed E-state index contributed by atoms with van der Waals surface area (Å²) >= 11 is 1.52. The molecule has 4 rings (SSSR count). The second-order valence-corrected chi connectivity index (χ2v) is 9.93. The van der Waals surface area contributed by atoms with E-state index in [-0.39, 0.29) is 10.8 Å². The number of hydrogen-bond acceptors (Lipinski definition) is 6. The number of nitrogens with one attached hydrogen (secondary N) is 1. The van der Waals surface area contributed by atoms with Gasteiger partial charge in [0.2, 0.25) is 15.9 Å². The largest absolute Gasteiger partial charge is 0.497 e. The van der Waals surface area contributed by atoms with Crippen LogP contribution in [0.25, 0.3) is 10.6 Å². The fourth-order valence-corrected chi connectivity index (χ4v) is 5.92. The van der Waals surface area contributed by atoms with E-state index in [0.29, 0.717) is 25.2 Å². The highest BCUT2D eigenvalue weighted by molar-refractivity contribution is 7.89. The van der Waals surface area contributed by atoms with E-state index in [1.54, 1.807) is 19.2 Å². The van der Waals surface area contributed by atoms with Gasteiger partial charge in [-0.25, -0.2) is 13.4 Å². The number of ether oxygens (including phenoxy) is 1. The smallest absolute Gasteiger partial charge is 0.243 e. The molecule has 0 saturated carbocycles. The zero-order valence-electron chi connectivity index (χ0n) is 16.6. The third-order valence-corrected chi connectivity index (χ3v) is 7.84. The van der Waals surface area contributed by atoms with E-state index >= 15 is 0 Å². The number of hydrogen-bond donors (Lipinski definition) is 1. The Labute approximate surface area is 179 Å². The van der Waals surface area contributed by atoms with Crippen LogP contribution in [0.4, 0.5) is 5.69 Å². The summed E-state index contributed by atoms with van der Waals surface area (Å²) in [6.07, 6.45) is 0.575. The molecule has 0 aliphatic carbocycles. The first-order valence-electron chi connectivity index (χ1n) is 9.37. The van der Waals surface area contributed by atoms with E-state index < -0.39 is 10.0 Å². The van der Waals surface area contributed by atoms with Crippen molar-refractivity contribution in [1.29, 1.82) is 0 Å². The second-order valence-electron chi connectivity index (χ2n) is 6.91. The molecule has 7 nitrogen and oxygen atoms in total. The van der Waals surface area contributed by atoms with Gasteiger partial charge < -0.3 is 10.1 Å². The summed E-state index contributed by atoms with van der Waals surface area (Å²) in [6, 6.07) is 13.9. The Morgan fingerprint density at radius 2 is 1.83 bits per heavy atom. The van der Waals surface area contributed by atoms with Crippen molar-refractivity contribution in [2.45, 2.75) is 24.8 Å². The highest BCUT2D eigenvalue weighted by Crippen LogP contribution is 2.34. The second kappa shape index (κ2) is 8.17. The third kappa shape index (κ3) is 4.09. The average molecular weight is 444 g/mol. The molecule has 2 aromatic carbocycles. The van der Waals surface area contributed by atoms with Crippen molar-refractivity contribution in [3.8, 4) is 16.3 Å². The molecule has 0 spiro atoms. The summed E-state index contributed by atoms with van der Waals surface area (Å²) in [7, 11) is -2.01. The van der Waals surface area contributed by atoms with Gasteiger partial charge in [-0.15, -0.1) is 11.3 Å². The monoisotopic (exact) mass is 443 g/mol. The summed E-state index contributed by atoms with van der Waals surface area (Å²) in [5.41, 5.74) is 2.51. The number of amides is 1. The molecule has 0 saturated heterocycles. The lowest BCUT2D eigenvalue weighted by atomic mass is 10.2. The summed E-state index contributed by atoms with van der Waals surface area (Å²) < 4.78 is 32.9. The molecule has 1 amide bonds. The Morgan fingerprint density at radius 3 is 2.47 bits per heavy atom. The number of fused-ring (bicyclic) bond motifs is 1. The molecule has 1 aromatic heterocycles. The van der Waals surface area contributed by atoms with Crippen LogP contribution in [0, 0.1) is 0 Å². The van der Waals surface area contributed by atoms with Crippen molar-refractivity contribution in [2.24, 2.45) is 0 Å². The topological polar surface area (TPSA) is 88.6 Å². The highest BCUT2D eigenvalue weighted by Gasteiger charge is 2.30. The van der Waals surface area contributed by atoms with Crippen LogP contribution in [0.3, 0.4) is 0 Å². The van der Waals surface area contributed by atoms with Crippen LogP contribution in [-0.2, 0) is 27.8 Å². The molecule has 0 fully saturated rings. The maximum Gasteiger partial charge on any atom is 0.243 e. The number of methoxy groups -OCH3 is 1. The molecular formula is C21H21N3O4S2. The first-order valence-corrected chi connectivity index (χ1v) is 11.6. The molecule has 0 atom stereocenters. The Kier molecular flexibility index (Phi) is 5.59. The van der Waals surface area contributed by atoms with Crippen molar-refractivity contribution >= 4 is 33.0 Å². The predicted molar refractivity (Wildman–Crippen MR) is 116 cm³/mol. The van der Waals surface area contributed by atoms with Crippen molar-refractivity contribution in [2.75, 3.05) is 19.0 Å². The maximum atomic E-state index is 13.1. The molecule has 9 heteroatoms. The summed E-state index contributed by atoms with van der Waals surface area (Å²) in [6.45, 7) is 2.10. The van der Waals surface area contributed by atoms with Gasteiger partial charge in [0.1, 0.15) is 10.8 Å². The number of benzene rings is 2. The Bertz CT molecular complexity index is 1170. The number of sulfonamides is 1. The Morgan fingerprint density at radius 1 is 1.13 bits per heavy atom. The normalized spacial score (nSPS) is 14.2. The average Bonchev–Trinajstić information content (AvgIpc) is 3.17. The highest BCUT2D eigenvalue weighted by atomic mass is 32.2. The van der Waals surface area contributed by atoms with Crippen LogP contribution in [0.5, 0.6) is 5.75 Å². The Balaban J connectivity index is 1.54. The molecule has 156 valence electrons. The number of aromatic nitrogens is 1. The van der Waals surface area contributed by atoms with Crippen molar-refractivity contribution in [3.05, 3.63) is 59.1 Å². The predicted octanol–water partition coefficient (Wildman–Crippen LogP) is 3.52. The molecule has 3 aromatic rings. The van der Waals surface area contributed by atoms with Gasteiger partial charge in [-0.05, 0) is 48.5 Å². The minimum Gasteiger partial charge on any atom is -0.497 e. The van der Waals surface area contributed by atoms with Crippen molar-refractivity contribution < 1.29 is 17.9 Å². The first kappa shape index (κ1) is 20.5. The van der Waals surface area contributed by atoms with E-state index in [1.807, 2.05) is 24.3 Å². The quantitative estimate of drug-likeness (QED) is 0.652. The molecule has 1 N–H and O–H groups in total. The van der Waals surface area contributed by atoms with Gasteiger partial charge >= 0.3 is 0 Å². The van der Waals surface area contributed by atoms with Crippen LogP contribution in [-0.4, -0.2) is 37.3 Å². The van der Waals surface area contributed by atoms with Crippen LogP contribution in [0.1, 0.15) is 17.5 Å². The van der Waals surface area contributed by atoms with E-state index in [9.17, 15) is 13.2 Å². The number of rotatable bonds is 5. The summed E-state index contributed by atoms with van der Waals surface area (Å²) in [4.78, 5) is 17.0. The number of carbonyl (C=O) groups is 1. The number of anilines is 1. The van der Waals surface area contributed by atoms with Gasteiger partial charge in [0.05, 0.1) is 24.2 Å². The number of thiazole rings is 1. The Hall–Kier alpha value is -2.75. The van der Waals surface area contributed by atoms with Gasteiger partial charge in [0.15, 0.2) is 0 Å². The molecule has 1 aliphatic rings. The lowest BCUT2D eigenvalue weighted by Crippen LogP contribution is -2.35. The minimum atomic E-state index is -3.63. The third-order valence-electron chi connectivity index (χ3n) is 4.85. The summed E-state index contributed by atoms with van der Waals surface area (Å²) in [5, 5.41) is 3.52. The fourth-order valence-electron chi connectivity index (χ4n) is 3.30. The van der Waals surface area contributed by atoms with E-state index in [4.69, 9.17) is 9.72 Å². The van der Waals surface area contributed by atoms with Gasteiger partial charge in [-0.2, -0.15) is 4.31 Å². The molecule has 0 bridgehead atoms. The number of nitrogens with zero attached hydrogens (tertiary/aromatic N) is 2. The standard InChI is InChI=1S/C21H21N3O4S2/c1-14(25)22-16-5-9-18(10-6-16)30(26,27)24-12-11-19-20(13-24)29-21(23-19)15-3-7-17(28-2)8-4-15/h3-10H,11-13H2,1-2H3,(H,22,25). The van der Waals surface area contributed by atoms with Crippen LogP contribution in [0.2, 0.25) is 0 Å². The minimum absolute atomic E-state index is 0.202. The zero-order chi connectivity index (χ0) is 21.3. The lowest BCUT2D eigenvalue weighted by molar-refractivity contribution is -0.114. The van der Waals surface area contributed by atoms with Crippen LogP contribution >= 0.6 is 11.3 Å². The first-order chi connectivity index (χ1) is 14.4. The SMILES string of the molecule is COc1ccc(-c2nc3c(s2)CN(S(=O)(=O)c2ccc(NC(C)=O)cc2)CC3)cc1. The van der Waals surface area contributed by atoms with E-state index in [0.717, 1.165) is 26.9 Å². The lowest BCUT2D eigenvalue weighted by Gasteiger charge is -2.25. The molecular weight excluding hydrogens is 422 g/mol. The molecule has 0 unspecified atom stereocenters. The van der Waals surface area contributed by atoms with Crippen molar-refractivity contribution in [1.82, 2.24) is 9.29 Å². The van der Waals surface area contributed by atoms with Crippen molar-refractivity contribution in [3.63, 3.8) is 0 Å². The molecule has 30 heavy (non-hydrogen) atoms. The van der Waals surface area contributed by atoms with E-state index in [2.05, 4.69) is 5.32 Å². The summed E-state index contributed by atoms with van der Waals surface area (Å²) in [5.74, 6) is 0.578. The van der Waals surface area contributed by atoms with Crippen LogP contribution < -0.4 is 10.1 Å². The van der Waals surface area contributed by atoms with Crippen LogP contribution in [0.15, 0.2) is 53.4 Å². The number of carbonyl (C=O) groups excluding carboxylic acids is 1.